The molecule has 0 bridgehead atoms. The minimum absolute atomic E-state index is 0.0586. The lowest BCUT2D eigenvalue weighted by molar-refractivity contribution is 0.100. The van der Waals surface area contributed by atoms with Gasteiger partial charge in [0.1, 0.15) is 80.7 Å². The number of nitrogens with zero attached hydrogens (tertiary/aromatic N) is 6. The molecule has 0 radical (unpaired) electrons. The van der Waals surface area contributed by atoms with Gasteiger partial charge in [0, 0.05) is 82.7 Å². The first kappa shape index (κ1) is 92.7. The SMILES string of the molecule is Cc1cc2c(cc1-c1ccc(NC(=O)c3c(F)cccc3F)nc1)OCO2.Cc1cc2c(cc1-c1ccc(NC(=O)c3ccccc3Cl)nc1)OCO2.Cc1ccc(F)c(C(=O)Nc2ccc(-c3cc4c(cc3Br)OCO4)cn2)c1F.Cc1ccc(F)cc1C(=O)Nc1ccc(-c2cc3c(cc2Br)OCO3)cn1.O=C(Nc1cnc(-c2cc3c(cc2Br)OCO3)cn1)c1c(F)cccc1F. The van der Waals surface area contributed by atoms with Gasteiger partial charge >= 0.3 is 0 Å². The minimum atomic E-state index is -0.957. The molecule has 0 unspecified atom stereocenters. The summed E-state index contributed by atoms with van der Waals surface area (Å²) < 4.78 is 152. The molecule has 0 atom stereocenters. The maximum Gasteiger partial charge on any atom is 0.262 e. The number of halogens is 11. The maximum absolute atomic E-state index is 14.1. The molecule has 5 aliphatic rings. The first-order valence-electron chi connectivity index (χ1n) is 40.3. The van der Waals surface area contributed by atoms with E-state index in [4.69, 9.17) is 59.0 Å². The topological polar surface area (TPSA) is 315 Å². The second-order valence-corrected chi connectivity index (χ2v) is 32.5. The van der Waals surface area contributed by atoms with Crippen LogP contribution in [-0.4, -0.2) is 93.4 Å². The number of hydrogen-bond acceptors (Lipinski definition) is 21. The number of carbonyl (C=O) groups excluding carboxylic acids is 5. The van der Waals surface area contributed by atoms with E-state index < -0.39 is 81.0 Å². The molecule has 0 fully saturated rings. The van der Waals surface area contributed by atoms with E-state index in [9.17, 15) is 54.7 Å². The summed E-state index contributed by atoms with van der Waals surface area (Å²) in [5, 5.41) is 13.0. The monoisotopic (exact) mass is 2040 g/mol. The third-order valence-electron chi connectivity index (χ3n) is 20.7. The fraction of sp³-hybridized carbons (Fsp3) is 0.0918. The molecule has 20 rings (SSSR count). The van der Waals surface area contributed by atoms with Crippen LogP contribution >= 0.6 is 59.4 Å². The van der Waals surface area contributed by atoms with Crippen molar-refractivity contribution in [1.82, 2.24) is 29.9 Å². The first-order chi connectivity index (χ1) is 65.1. The van der Waals surface area contributed by atoms with Crippen LogP contribution in [0.25, 0.3) is 55.8 Å². The molecular weight excluding hydrogens is 1980 g/mol. The molecule has 5 aromatic heterocycles. The van der Waals surface area contributed by atoms with E-state index in [2.05, 4.69) is 104 Å². The van der Waals surface area contributed by atoms with Crippen LogP contribution in [0.3, 0.4) is 0 Å². The van der Waals surface area contributed by atoms with Crippen molar-refractivity contribution in [3.8, 4) is 113 Å². The molecule has 26 nitrogen and oxygen atoms in total. The molecule has 680 valence electrons. The highest BCUT2D eigenvalue weighted by Gasteiger charge is 2.28. The van der Waals surface area contributed by atoms with Gasteiger partial charge in [-0.15, -0.1) is 0 Å². The molecule has 10 aromatic carbocycles. The van der Waals surface area contributed by atoms with E-state index in [-0.39, 0.29) is 68.5 Å². The summed E-state index contributed by atoms with van der Waals surface area (Å²) in [4.78, 5) is 86.5. The van der Waals surface area contributed by atoms with Crippen molar-refractivity contribution in [2.24, 2.45) is 0 Å². The number of pyridine rings is 4. The minimum Gasteiger partial charge on any atom is -0.454 e. The van der Waals surface area contributed by atoms with Crippen LogP contribution in [0, 0.1) is 68.4 Å². The zero-order valence-electron chi connectivity index (χ0n) is 70.5. The predicted octanol–water partition coefficient (Wildman–Crippen LogP) is 23.2. The number of fused-ring (bicyclic) bond motifs is 5. The Bertz CT molecular complexity index is 6950. The van der Waals surface area contributed by atoms with E-state index in [1.54, 1.807) is 117 Å². The third kappa shape index (κ3) is 21.5. The lowest BCUT2D eigenvalue weighted by Crippen LogP contribution is -2.17. The number of ether oxygens (including phenoxy) is 10. The van der Waals surface area contributed by atoms with Crippen molar-refractivity contribution >= 4 is 118 Å². The van der Waals surface area contributed by atoms with Crippen molar-refractivity contribution in [1.29, 1.82) is 0 Å². The number of aromatic nitrogens is 6. The van der Waals surface area contributed by atoms with Crippen molar-refractivity contribution in [3.63, 3.8) is 0 Å². The average Bonchev–Trinajstić information content (AvgIpc) is 1.65. The van der Waals surface area contributed by atoms with Gasteiger partial charge in [-0.2, -0.15) is 0 Å². The van der Waals surface area contributed by atoms with Gasteiger partial charge in [-0.05, 0) is 241 Å². The standard InChI is InChI=1S/C20H13BrF2N2O3.C20H14BrFN2O3.C20H15ClN2O3.C20H14F2N2O3.C18H10BrF2N3O3/c1-10-2-4-14(22)18(19(10)23)20(26)25-17-5-3-11(8-24-17)12-6-15-16(7-13(12)21)28-9-27-15;1-11-2-4-13(22)6-14(11)20(25)24-19-5-3-12(9-23-19)15-7-17-18(8-16(15)21)27-10-26-17;1-12-8-17-18(26-11-25-17)9-15(12)13-6-7-19(22-10-13)23-20(24)14-4-2-3-5-16(14)21;1-11-7-16-17(27-10-26-16)8-13(11)12-5-6-18(23-9-12)24-20(25)19-14(21)3-2-4-15(19)22;19-10-5-15-14(26-8-27-15)4-9(10)13-6-23-16(7-22-13)24-18(25)17-11(20)2-1-3-12(17)21/h2-8H,9H2,1H3,(H,24,25,26);2-9H,10H2,1H3,(H,23,24,25);2-10H,11H2,1H3,(H,22,23,24);2-9H,10H2,1H3,(H,23,24,25);1-7H,8H2,(H,23,24,25). The van der Waals surface area contributed by atoms with Gasteiger partial charge in [-0.25, -0.2) is 55.7 Å². The van der Waals surface area contributed by atoms with Gasteiger partial charge in [-0.1, -0.05) is 79.9 Å². The molecule has 5 aliphatic heterocycles. The van der Waals surface area contributed by atoms with Crippen molar-refractivity contribution < 1.29 is 102 Å². The van der Waals surface area contributed by atoms with E-state index >= 15 is 0 Å². The Kier molecular flexibility index (Phi) is 28.2. The number of hydrogen-bond donors (Lipinski definition) is 5. The molecule has 10 heterocycles. The Morgan fingerprint density at radius 1 is 0.289 bits per heavy atom. The molecule has 5 N–H and O–H groups in total. The van der Waals surface area contributed by atoms with Gasteiger partial charge < -0.3 is 74.0 Å². The average molecular weight is 2050 g/mol. The van der Waals surface area contributed by atoms with Crippen LogP contribution in [-0.2, 0) is 0 Å². The fourth-order valence-electron chi connectivity index (χ4n) is 13.8. The maximum atomic E-state index is 14.1. The number of rotatable bonds is 15. The highest BCUT2D eigenvalue weighted by Crippen LogP contribution is 2.46. The van der Waals surface area contributed by atoms with E-state index in [0.717, 1.165) is 111 Å². The second kappa shape index (κ2) is 41.1. The summed E-state index contributed by atoms with van der Waals surface area (Å²) in [6.45, 7) is 8.10. The highest BCUT2D eigenvalue weighted by atomic mass is 79.9. The molecule has 15 aromatic rings. The van der Waals surface area contributed by atoms with Crippen molar-refractivity contribution in [3.05, 3.63) is 347 Å². The molecule has 0 spiro atoms. The number of anilines is 5. The molecule has 0 saturated carbocycles. The van der Waals surface area contributed by atoms with Crippen LogP contribution in [0.5, 0.6) is 57.5 Å². The van der Waals surface area contributed by atoms with Gasteiger partial charge in [-0.3, -0.25) is 29.0 Å². The summed E-state index contributed by atoms with van der Waals surface area (Å²) in [6.07, 6.45) is 9.19. The fourth-order valence-corrected chi connectivity index (χ4v) is 15.7. The zero-order valence-corrected chi connectivity index (χ0v) is 76.0. The van der Waals surface area contributed by atoms with Crippen molar-refractivity contribution in [2.45, 2.75) is 27.7 Å². The largest absolute Gasteiger partial charge is 0.454 e. The number of nitrogens with one attached hydrogen (secondary N) is 5. The van der Waals surface area contributed by atoms with E-state index in [1.165, 1.54) is 49.6 Å². The number of carbonyl (C=O) groups is 5. The molecular formula is C98H66Br3ClF7N11O15. The Morgan fingerprint density at radius 2 is 0.615 bits per heavy atom. The Labute approximate surface area is 792 Å². The normalized spacial score (nSPS) is 12.1. The first-order valence-corrected chi connectivity index (χ1v) is 43.0. The number of amides is 5. The Hall–Kier alpha value is -15.5. The lowest BCUT2D eigenvalue weighted by Gasteiger charge is -2.10. The van der Waals surface area contributed by atoms with Crippen LogP contribution in [0.4, 0.5) is 59.8 Å². The van der Waals surface area contributed by atoms with Gasteiger partial charge in [0.15, 0.2) is 63.3 Å². The smallest absolute Gasteiger partial charge is 0.262 e. The lowest BCUT2D eigenvalue weighted by atomic mass is 10.0. The molecule has 0 aliphatic carbocycles. The molecule has 0 saturated heterocycles. The summed E-state index contributed by atoms with van der Waals surface area (Å²) >= 11 is 16.5. The summed E-state index contributed by atoms with van der Waals surface area (Å²) in [5.74, 6) is -1.58. The van der Waals surface area contributed by atoms with Crippen LogP contribution in [0.15, 0.2) is 251 Å². The summed E-state index contributed by atoms with van der Waals surface area (Å²) in [7, 11) is 0. The van der Waals surface area contributed by atoms with Crippen LogP contribution in [0.1, 0.15) is 74.0 Å². The van der Waals surface area contributed by atoms with Gasteiger partial charge in [0.05, 0.1) is 28.7 Å². The third-order valence-corrected chi connectivity index (χ3v) is 23.0. The zero-order chi connectivity index (χ0) is 94.8. The quantitative estimate of drug-likeness (QED) is 0.0595. The highest BCUT2D eigenvalue weighted by molar-refractivity contribution is 9.11. The van der Waals surface area contributed by atoms with Crippen molar-refractivity contribution in [2.75, 3.05) is 60.5 Å². The molecule has 5 amide bonds. The van der Waals surface area contributed by atoms with E-state index in [0.29, 0.717) is 85.0 Å². The molecule has 37 heteroatoms. The number of aryl methyl sites for hydroxylation is 4. The van der Waals surface area contributed by atoms with Gasteiger partial charge in [0.25, 0.3) is 29.5 Å². The predicted molar refractivity (Wildman–Crippen MR) is 496 cm³/mol. The summed E-state index contributed by atoms with van der Waals surface area (Å²) in [5.41, 5.74) is 9.83. The van der Waals surface area contributed by atoms with Crippen LogP contribution in [0.2, 0.25) is 5.02 Å². The summed E-state index contributed by atoms with van der Waals surface area (Å²) in [6, 6.07) is 52.0. The Morgan fingerprint density at radius 3 is 1.01 bits per heavy atom. The second-order valence-electron chi connectivity index (χ2n) is 29.6. The van der Waals surface area contributed by atoms with Crippen LogP contribution < -0.4 is 74.0 Å². The molecule has 135 heavy (non-hydrogen) atoms. The van der Waals surface area contributed by atoms with Gasteiger partial charge in [0.2, 0.25) is 34.0 Å². The Balaban J connectivity index is 0.000000123. The van der Waals surface area contributed by atoms with E-state index in [1.807, 2.05) is 68.4 Å². The number of benzene rings is 10.